The van der Waals surface area contributed by atoms with Crippen LogP contribution in [0.1, 0.15) is 16.7 Å². The van der Waals surface area contributed by atoms with Crippen molar-refractivity contribution in [3.63, 3.8) is 0 Å². The van der Waals surface area contributed by atoms with Crippen LogP contribution in [0.5, 0.6) is 5.75 Å². The fourth-order valence-electron chi connectivity index (χ4n) is 2.01. The Morgan fingerprint density at radius 1 is 1.16 bits per heavy atom. The number of nitro groups is 1. The smallest absolute Gasteiger partial charge is 0.276 e. The maximum atomic E-state index is 11.8. The zero-order chi connectivity index (χ0) is 18.4. The van der Waals surface area contributed by atoms with Crippen molar-refractivity contribution in [1.29, 1.82) is 0 Å². The largest absolute Gasteiger partial charge is 0.484 e. The van der Waals surface area contributed by atoms with E-state index in [0.717, 1.165) is 11.1 Å². The number of carbonyl (C=O) groups excluding carboxylic acids is 1. The summed E-state index contributed by atoms with van der Waals surface area (Å²) in [5.41, 5.74) is 8.08. The number of ether oxygens (including phenoxy) is 1. The van der Waals surface area contributed by atoms with Gasteiger partial charge in [0, 0.05) is 17.7 Å². The predicted octanol–water partition coefficient (Wildman–Crippen LogP) is 2.88. The molecular formula is C18H19N3O4. The highest BCUT2D eigenvalue weighted by Crippen LogP contribution is 2.17. The Morgan fingerprint density at radius 3 is 2.60 bits per heavy atom. The van der Waals surface area contributed by atoms with Gasteiger partial charge in [0.25, 0.3) is 11.6 Å². The molecular weight excluding hydrogens is 322 g/mol. The van der Waals surface area contributed by atoms with Crippen LogP contribution in [0.15, 0.2) is 49.0 Å². The van der Waals surface area contributed by atoms with Gasteiger partial charge in [0.05, 0.1) is 10.6 Å². The summed E-state index contributed by atoms with van der Waals surface area (Å²) in [5.74, 6) is 0.209. The van der Waals surface area contributed by atoms with Gasteiger partial charge in [0.1, 0.15) is 5.75 Å². The zero-order valence-corrected chi connectivity index (χ0v) is 14.0. The van der Waals surface area contributed by atoms with Gasteiger partial charge in [0.15, 0.2) is 6.61 Å². The van der Waals surface area contributed by atoms with E-state index in [1.165, 1.54) is 12.1 Å². The van der Waals surface area contributed by atoms with Crippen molar-refractivity contribution in [3.8, 4) is 5.75 Å². The number of rotatable bonds is 7. The van der Waals surface area contributed by atoms with E-state index in [9.17, 15) is 14.9 Å². The van der Waals surface area contributed by atoms with E-state index in [1.54, 1.807) is 18.2 Å². The van der Waals surface area contributed by atoms with Gasteiger partial charge in [-0.25, -0.2) is 0 Å². The summed E-state index contributed by atoms with van der Waals surface area (Å²) in [4.78, 5) is 22.1. The molecule has 0 spiro atoms. The number of hydrazine groups is 1. The van der Waals surface area contributed by atoms with E-state index in [4.69, 9.17) is 4.74 Å². The average Bonchev–Trinajstić information content (AvgIpc) is 2.60. The summed E-state index contributed by atoms with van der Waals surface area (Å²) in [6, 6.07) is 11.5. The summed E-state index contributed by atoms with van der Waals surface area (Å²) >= 11 is 0. The summed E-state index contributed by atoms with van der Waals surface area (Å²) in [5, 5.41) is 10.8. The Bertz CT molecular complexity index is 818. The Balaban J connectivity index is 1.85. The van der Waals surface area contributed by atoms with Gasteiger partial charge in [-0.3, -0.25) is 25.8 Å². The lowest BCUT2D eigenvalue weighted by Gasteiger charge is -2.12. The molecule has 0 aromatic heterocycles. The first-order chi connectivity index (χ1) is 11.9. The lowest BCUT2D eigenvalue weighted by atomic mass is 10.1. The zero-order valence-electron chi connectivity index (χ0n) is 14.0. The minimum absolute atomic E-state index is 0.0511. The molecule has 7 heteroatoms. The van der Waals surface area contributed by atoms with Crippen molar-refractivity contribution in [1.82, 2.24) is 10.9 Å². The quantitative estimate of drug-likeness (QED) is 0.596. The van der Waals surface area contributed by atoms with E-state index in [-0.39, 0.29) is 12.3 Å². The van der Waals surface area contributed by atoms with Crippen LogP contribution in [0.4, 0.5) is 5.69 Å². The van der Waals surface area contributed by atoms with E-state index >= 15 is 0 Å². The van der Waals surface area contributed by atoms with E-state index < -0.39 is 10.8 Å². The molecule has 2 rings (SSSR count). The van der Waals surface area contributed by atoms with Crippen molar-refractivity contribution >= 4 is 17.3 Å². The molecule has 0 fully saturated rings. The Labute approximate surface area is 145 Å². The Morgan fingerprint density at radius 2 is 1.92 bits per heavy atom. The van der Waals surface area contributed by atoms with Crippen LogP contribution in [-0.4, -0.2) is 17.4 Å². The third-order valence-electron chi connectivity index (χ3n) is 3.61. The first kappa shape index (κ1) is 18.0. The minimum atomic E-state index is -0.493. The lowest BCUT2D eigenvalue weighted by molar-refractivity contribution is -0.384. The first-order valence-corrected chi connectivity index (χ1v) is 7.55. The second-order valence-corrected chi connectivity index (χ2v) is 5.49. The number of nitrogens with one attached hydrogen (secondary N) is 2. The van der Waals surface area contributed by atoms with E-state index in [0.29, 0.717) is 17.0 Å². The monoisotopic (exact) mass is 341 g/mol. The molecule has 0 aliphatic carbocycles. The van der Waals surface area contributed by atoms with Crippen LogP contribution < -0.4 is 15.6 Å². The predicted molar refractivity (Wildman–Crippen MR) is 94.8 cm³/mol. The summed E-state index contributed by atoms with van der Waals surface area (Å²) < 4.78 is 5.42. The van der Waals surface area contributed by atoms with Crippen molar-refractivity contribution < 1.29 is 14.5 Å². The van der Waals surface area contributed by atoms with Gasteiger partial charge in [-0.05, 0) is 37.1 Å². The molecule has 2 aromatic rings. The molecule has 0 aliphatic heterocycles. The molecule has 130 valence electrons. The molecule has 0 unspecified atom stereocenters. The topological polar surface area (TPSA) is 93.5 Å². The van der Waals surface area contributed by atoms with Gasteiger partial charge in [-0.2, -0.15) is 0 Å². The molecule has 1 amide bonds. The van der Waals surface area contributed by atoms with Crippen LogP contribution in [-0.2, 0) is 4.79 Å². The molecule has 2 aromatic carbocycles. The van der Waals surface area contributed by atoms with Crippen molar-refractivity contribution in [2.24, 2.45) is 0 Å². The summed E-state index contributed by atoms with van der Waals surface area (Å²) in [6.07, 6.45) is 0. The third-order valence-corrected chi connectivity index (χ3v) is 3.61. The first-order valence-electron chi connectivity index (χ1n) is 7.55. The van der Waals surface area contributed by atoms with E-state index in [2.05, 4.69) is 17.4 Å². The second-order valence-electron chi connectivity index (χ2n) is 5.49. The van der Waals surface area contributed by atoms with Gasteiger partial charge in [0.2, 0.25) is 0 Å². The summed E-state index contributed by atoms with van der Waals surface area (Å²) in [6.45, 7) is 7.54. The molecule has 0 saturated carbocycles. The normalized spacial score (nSPS) is 10.0. The average molecular weight is 341 g/mol. The molecule has 0 radical (unpaired) electrons. The number of benzene rings is 2. The molecule has 0 atom stereocenters. The fourth-order valence-corrected chi connectivity index (χ4v) is 2.01. The highest BCUT2D eigenvalue weighted by Gasteiger charge is 2.09. The van der Waals surface area contributed by atoms with Crippen LogP contribution >= 0.6 is 0 Å². The van der Waals surface area contributed by atoms with Crippen molar-refractivity contribution in [2.45, 2.75) is 13.8 Å². The second kappa shape index (κ2) is 7.96. The number of hydrogen-bond donors (Lipinski definition) is 2. The minimum Gasteiger partial charge on any atom is -0.484 e. The van der Waals surface area contributed by atoms with E-state index in [1.807, 2.05) is 26.0 Å². The molecule has 0 bridgehead atoms. The van der Waals surface area contributed by atoms with Gasteiger partial charge in [-0.15, -0.1) is 0 Å². The number of aryl methyl sites for hydroxylation is 2. The fraction of sp³-hybridized carbons (Fsp3) is 0.167. The molecule has 2 N–H and O–H groups in total. The van der Waals surface area contributed by atoms with Crippen LogP contribution in [0, 0.1) is 24.0 Å². The van der Waals surface area contributed by atoms with Gasteiger partial charge < -0.3 is 4.74 Å². The van der Waals surface area contributed by atoms with Crippen LogP contribution in [0.2, 0.25) is 0 Å². The number of hydrogen-bond acceptors (Lipinski definition) is 5. The SMILES string of the molecule is C=C(NNC(=O)COc1ccc(C)c(C)c1)c1cccc([N+](=O)[O-])c1. The molecule has 0 saturated heterocycles. The van der Waals surface area contributed by atoms with Crippen molar-refractivity contribution in [2.75, 3.05) is 6.61 Å². The summed E-state index contributed by atoms with van der Waals surface area (Å²) in [7, 11) is 0. The van der Waals surface area contributed by atoms with Gasteiger partial charge >= 0.3 is 0 Å². The number of amides is 1. The van der Waals surface area contributed by atoms with Crippen LogP contribution in [0.3, 0.4) is 0 Å². The molecule has 25 heavy (non-hydrogen) atoms. The Hall–Kier alpha value is -3.35. The number of nitro benzene ring substituents is 1. The Kier molecular flexibility index (Phi) is 5.73. The highest BCUT2D eigenvalue weighted by molar-refractivity contribution is 5.78. The van der Waals surface area contributed by atoms with Gasteiger partial charge in [-0.1, -0.05) is 24.8 Å². The third kappa shape index (κ3) is 5.07. The van der Waals surface area contributed by atoms with Crippen molar-refractivity contribution in [3.05, 3.63) is 75.8 Å². The van der Waals surface area contributed by atoms with Crippen LogP contribution in [0.25, 0.3) is 5.70 Å². The lowest BCUT2D eigenvalue weighted by Crippen LogP contribution is -2.38. The maximum absolute atomic E-state index is 11.8. The molecule has 7 nitrogen and oxygen atoms in total. The highest BCUT2D eigenvalue weighted by atomic mass is 16.6. The maximum Gasteiger partial charge on any atom is 0.276 e. The number of carbonyl (C=O) groups is 1. The standard InChI is InChI=1S/C18H19N3O4/c1-12-7-8-17(9-13(12)2)25-11-18(22)20-19-14(3)15-5-4-6-16(10-15)21(23)24/h4-10,19H,3,11H2,1-2H3,(H,20,22). The molecule has 0 aliphatic rings. The number of nitrogens with zero attached hydrogens (tertiary/aromatic N) is 1. The number of non-ortho nitro benzene ring substituents is 1. The molecule has 0 heterocycles.